The lowest BCUT2D eigenvalue weighted by Gasteiger charge is -2.20. The third kappa shape index (κ3) is 54.3. The average molecular weight is 789 g/mol. The van der Waals surface area contributed by atoms with Gasteiger partial charge in [0.05, 0.1) is 33.0 Å². The van der Waals surface area contributed by atoms with Gasteiger partial charge in [0.2, 0.25) is 0 Å². The van der Waals surface area contributed by atoms with E-state index in [1.165, 1.54) is 116 Å². The van der Waals surface area contributed by atoms with Crippen LogP contribution in [-0.4, -0.2) is 73.9 Å². The van der Waals surface area contributed by atoms with Gasteiger partial charge in [-0.25, -0.2) is 0 Å². The molecule has 0 aromatic heterocycles. The van der Waals surface area contributed by atoms with Crippen LogP contribution in [0, 0.1) is 23.2 Å². The van der Waals surface area contributed by atoms with E-state index in [-0.39, 0.29) is 66.1 Å². The molecular weight excluding hydrogens is 705 g/mol. The van der Waals surface area contributed by atoms with Crippen molar-refractivity contribution in [3.63, 3.8) is 0 Å². The van der Waals surface area contributed by atoms with E-state index in [9.17, 15) is 14.4 Å². The van der Waals surface area contributed by atoms with Crippen molar-refractivity contribution in [2.45, 2.75) is 183 Å². The summed E-state index contributed by atoms with van der Waals surface area (Å²) in [7, 11) is 0. The van der Waals surface area contributed by atoms with Crippen molar-refractivity contribution in [2.75, 3.05) is 33.0 Å². The first-order valence-corrected chi connectivity index (χ1v) is 21.2. The molecule has 0 aliphatic carbocycles. The van der Waals surface area contributed by atoms with Crippen molar-refractivity contribution in [2.24, 2.45) is 23.2 Å². The summed E-state index contributed by atoms with van der Waals surface area (Å²) in [4.78, 5) is 32.3. The SMILES string of the molecule is CC(CO)(CO)CO.CCCCCCCCC(C)C(=O)S.CCCCCCCCC(C)C(=O)S.CCCCCCCCC(C)C(=O)S.OCCO. The molecule has 3 atom stereocenters. The Kier molecular flexibility index (Phi) is 56.4. The Labute approximate surface area is 331 Å². The van der Waals surface area contributed by atoms with Gasteiger partial charge in [0.15, 0.2) is 15.3 Å². The fraction of sp³-hybridized carbons (Fsp3) is 0.925. The molecule has 310 valence electrons. The minimum absolute atomic E-state index is 0.0357. The Morgan fingerprint density at radius 3 is 0.765 bits per heavy atom. The quantitative estimate of drug-likeness (QED) is 0.0289. The summed E-state index contributed by atoms with van der Waals surface area (Å²) in [6, 6.07) is 0. The second-order valence-electron chi connectivity index (χ2n) is 14.1. The van der Waals surface area contributed by atoms with E-state index in [2.05, 4.69) is 58.7 Å². The van der Waals surface area contributed by atoms with Crippen molar-refractivity contribution in [1.29, 1.82) is 0 Å². The molecule has 0 radical (unpaired) electrons. The smallest absolute Gasteiger partial charge is 0.188 e. The van der Waals surface area contributed by atoms with Crippen LogP contribution in [0.25, 0.3) is 0 Å². The Morgan fingerprint density at radius 1 is 0.431 bits per heavy atom. The first-order chi connectivity index (χ1) is 24.1. The zero-order valence-electron chi connectivity index (χ0n) is 33.9. The van der Waals surface area contributed by atoms with Crippen LogP contribution in [-0.2, 0) is 14.4 Å². The van der Waals surface area contributed by atoms with Crippen LogP contribution < -0.4 is 0 Å². The molecule has 0 rings (SSSR count). The minimum Gasteiger partial charge on any atom is -0.396 e. The highest BCUT2D eigenvalue weighted by atomic mass is 32.1. The van der Waals surface area contributed by atoms with Crippen LogP contribution in [0.4, 0.5) is 0 Å². The molecule has 0 saturated heterocycles. The number of hydrogen-bond donors (Lipinski definition) is 8. The maximum absolute atomic E-state index is 10.8. The predicted molar refractivity (Wildman–Crippen MR) is 227 cm³/mol. The van der Waals surface area contributed by atoms with Gasteiger partial charge in [-0.1, -0.05) is 164 Å². The largest absolute Gasteiger partial charge is 0.396 e. The lowest BCUT2D eigenvalue weighted by Crippen LogP contribution is -2.29. The summed E-state index contributed by atoms with van der Waals surface area (Å²) in [6.45, 7) is 13.4. The highest BCUT2D eigenvalue weighted by molar-refractivity contribution is 7.97. The van der Waals surface area contributed by atoms with Gasteiger partial charge >= 0.3 is 0 Å². The lowest BCUT2D eigenvalue weighted by atomic mass is 9.95. The molecule has 0 amide bonds. The van der Waals surface area contributed by atoms with Gasteiger partial charge in [0, 0.05) is 23.2 Å². The van der Waals surface area contributed by atoms with E-state index >= 15 is 0 Å². The molecule has 0 bridgehead atoms. The van der Waals surface area contributed by atoms with Crippen molar-refractivity contribution < 1.29 is 39.9 Å². The number of rotatable bonds is 28. The minimum atomic E-state index is -0.708. The van der Waals surface area contributed by atoms with E-state index in [0.717, 1.165) is 19.3 Å². The van der Waals surface area contributed by atoms with Gasteiger partial charge < -0.3 is 25.5 Å². The molecule has 5 N–H and O–H groups in total. The number of unbranched alkanes of at least 4 members (excludes halogenated alkanes) is 15. The van der Waals surface area contributed by atoms with Crippen LogP contribution in [0.2, 0.25) is 0 Å². The first kappa shape index (κ1) is 60.1. The van der Waals surface area contributed by atoms with E-state index in [1.807, 2.05) is 20.8 Å². The van der Waals surface area contributed by atoms with E-state index in [4.69, 9.17) is 25.5 Å². The highest BCUT2D eigenvalue weighted by Gasteiger charge is 2.20. The second-order valence-corrected chi connectivity index (χ2v) is 15.4. The highest BCUT2D eigenvalue weighted by Crippen LogP contribution is 2.16. The average Bonchev–Trinajstić information content (AvgIpc) is 3.12. The Morgan fingerprint density at radius 2 is 0.627 bits per heavy atom. The van der Waals surface area contributed by atoms with E-state index < -0.39 is 5.41 Å². The molecule has 0 aromatic rings. The number of carbonyl (C=O) groups is 3. The number of carbonyl (C=O) groups excluding carboxylic acids is 3. The van der Waals surface area contributed by atoms with Gasteiger partial charge in [-0.05, 0) is 19.3 Å². The van der Waals surface area contributed by atoms with Crippen molar-refractivity contribution in [1.82, 2.24) is 0 Å². The first-order valence-electron chi connectivity index (χ1n) is 19.9. The van der Waals surface area contributed by atoms with Crippen molar-refractivity contribution in [3.05, 3.63) is 0 Å². The zero-order valence-corrected chi connectivity index (χ0v) is 36.6. The topological polar surface area (TPSA) is 152 Å². The fourth-order valence-electron chi connectivity index (χ4n) is 4.21. The van der Waals surface area contributed by atoms with Crippen LogP contribution in [0.5, 0.6) is 0 Å². The number of hydrogen-bond acceptors (Lipinski definition) is 8. The summed E-state index contributed by atoms with van der Waals surface area (Å²) in [5.74, 6) is 0.443. The molecule has 0 aliphatic heterocycles. The number of aliphatic hydroxyl groups is 5. The third-order valence-corrected chi connectivity index (χ3v) is 9.80. The van der Waals surface area contributed by atoms with Gasteiger partial charge in [0.1, 0.15) is 0 Å². The Hall–Kier alpha value is -0.140. The van der Waals surface area contributed by atoms with Crippen LogP contribution in [0.1, 0.15) is 183 Å². The van der Waals surface area contributed by atoms with Crippen LogP contribution in [0.15, 0.2) is 0 Å². The molecule has 0 saturated carbocycles. The molecule has 8 nitrogen and oxygen atoms in total. The van der Waals surface area contributed by atoms with Crippen LogP contribution in [0.3, 0.4) is 0 Å². The molecule has 0 fully saturated rings. The summed E-state index contributed by atoms with van der Waals surface area (Å²) < 4.78 is 0. The molecule has 11 heteroatoms. The van der Waals surface area contributed by atoms with Gasteiger partial charge in [0.25, 0.3) is 0 Å². The summed E-state index contributed by atoms with van der Waals surface area (Å²) >= 11 is 11.4. The zero-order chi connectivity index (χ0) is 40.3. The van der Waals surface area contributed by atoms with Crippen molar-refractivity contribution >= 4 is 53.2 Å². The maximum atomic E-state index is 10.8. The van der Waals surface area contributed by atoms with E-state index in [1.54, 1.807) is 6.92 Å². The summed E-state index contributed by atoms with van der Waals surface area (Å²) in [5.41, 5.74) is -0.708. The predicted octanol–water partition coefficient (Wildman–Crippen LogP) is 9.43. The molecule has 51 heavy (non-hydrogen) atoms. The normalized spacial score (nSPS) is 12.3. The monoisotopic (exact) mass is 789 g/mol. The van der Waals surface area contributed by atoms with Gasteiger partial charge in [-0.15, -0.1) is 37.9 Å². The van der Waals surface area contributed by atoms with Crippen molar-refractivity contribution in [3.8, 4) is 0 Å². The Balaban J connectivity index is -0.000000180. The standard InChI is InChI=1S/3C11H22OS.C5H12O3.C2H6O2/c3*1-3-4-5-6-7-8-9-10(2)11(12)13;1-5(2-6,3-7)4-8;3-1-2-4/h3*10H,3-9H2,1-2H3,(H,12,13);6-8H,2-4H2,1H3;3-4H,1-2H2. The summed E-state index contributed by atoms with van der Waals surface area (Å²) in [5, 5.41) is 40.8. The molecule has 3 unspecified atom stereocenters. The summed E-state index contributed by atoms with van der Waals surface area (Å²) in [6.07, 6.45) is 26.3. The third-order valence-electron chi connectivity index (χ3n) is 8.48. The lowest BCUT2D eigenvalue weighted by molar-refractivity contribution is -0.114. The maximum Gasteiger partial charge on any atom is 0.188 e. The molecular formula is C40H84O8S3. The number of aliphatic hydroxyl groups excluding tert-OH is 5. The Bertz CT molecular complexity index is 637. The fourth-order valence-corrected chi connectivity index (χ4v) is 4.60. The molecule has 0 heterocycles. The van der Waals surface area contributed by atoms with Gasteiger partial charge in [-0.2, -0.15) is 0 Å². The van der Waals surface area contributed by atoms with Crippen LogP contribution >= 0.6 is 37.9 Å². The molecule has 0 aromatic carbocycles. The van der Waals surface area contributed by atoms with E-state index in [0.29, 0.717) is 0 Å². The number of thiol groups is 3. The molecule has 0 aliphatic rings. The molecule has 0 spiro atoms. The van der Waals surface area contributed by atoms with Gasteiger partial charge in [-0.3, -0.25) is 14.4 Å². The second kappa shape index (κ2) is 47.9.